The Bertz CT molecular complexity index is 1270. The number of hydrogen-bond acceptors (Lipinski definition) is 9. The number of nitrogens with one attached hydrogen (secondary N) is 3. The summed E-state index contributed by atoms with van der Waals surface area (Å²) in [5.41, 5.74) is 11.0. The first-order chi connectivity index (χ1) is 19.5. The van der Waals surface area contributed by atoms with Crippen molar-refractivity contribution in [2.24, 2.45) is 5.73 Å². The predicted molar refractivity (Wildman–Crippen MR) is 162 cm³/mol. The van der Waals surface area contributed by atoms with Crippen LogP contribution in [0.3, 0.4) is 0 Å². The van der Waals surface area contributed by atoms with Gasteiger partial charge in [-0.1, -0.05) is 19.1 Å². The standard InChI is InChI=1S/C30H41N9O/c1-4-22(2)20-38-14-16-39(17-15-38)21-24-18-25(7-8-26(24)29(40)32-3)36-30-34-13-10-27(37-30)23-6-9-28(35-19-23)33-12-5-11-31/h6-10,13,18-19H,2,4-5,11-12,14-17,20-21,31H2,1,3H3,(H,32,40)(H,33,35)(H,34,36,37). The van der Waals surface area contributed by atoms with Gasteiger partial charge in [0.2, 0.25) is 5.95 Å². The Kier molecular flexibility index (Phi) is 10.6. The Morgan fingerprint density at radius 3 is 2.58 bits per heavy atom. The van der Waals surface area contributed by atoms with Crippen molar-refractivity contribution in [3.05, 3.63) is 72.1 Å². The van der Waals surface area contributed by atoms with Crippen LogP contribution in [0.2, 0.25) is 0 Å². The van der Waals surface area contributed by atoms with Crippen molar-refractivity contribution in [1.29, 1.82) is 0 Å². The highest BCUT2D eigenvalue weighted by molar-refractivity contribution is 5.96. The fraction of sp³-hybridized carbons (Fsp3) is 0.400. The Labute approximate surface area is 237 Å². The van der Waals surface area contributed by atoms with E-state index in [0.29, 0.717) is 24.6 Å². The maximum absolute atomic E-state index is 12.6. The third-order valence-corrected chi connectivity index (χ3v) is 7.04. The van der Waals surface area contributed by atoms with Crippen molar-refractivity contribution in [2.75, 3.05) is 63.5 Å². The minimum Gasteiger partial charge on any atom is -0.370 e. The number of carbonyl (C=O) groups excluding carboxylic acids is 1. The van der Waals surface area contributed by atoms with Crippen LogP contribution in [0.1, 0.15) is 35.7 Å². The van der Waals surface area contributed by atoms with Gasteiger partial charge in [0.25, 0.3) is 5.91 Å². The highest BCUT2D eigenvalue weighted by atomic mass is 16.1. The van der Waals surface area contributed by atoms with Crippen LogP contribution in [0.4, 0.5) is 17.5 Å². The lowest BCUT2D eigenvalue weighted by Crippen LogP contribution is -2.46. The third-order valence-electron chi connectivity index (χ3n) is 7.04. The summed E-state index contributed by atoms with van der Waals surface area (Å²) in [6, 6.07) is 11.6. The topological polar surface area (TPSA) is 124 Å². The normalized spacial score (nSPS) is 14.1. The lowest BCUT2D eigenvalue weighted by Gasteiger charge is -2.35. The van der Waals surface area contributed by atoms with E-state index in [0.717, 1.165) is 80.4 Å². The number of aromatic nitrogens is 3. The monoisotopic (exact) mass is 543 g/mol. The Balaban J connectivity index is 1.45. The fourth-order valence-corrected chi connectivity index (χ4v) is 4.61. The molecule has 40 heavy (non-hydrogen) atoms. The van der Waals surface area contributed by atoms with Gasteiger partial charge < -0.3 is 21.7 Å². The van der Waals surface area contributed by atoms with E-state index in [1.165, 1.54) is 5.57 Å². The predicted octanol–water partition coefficient (Wildman–Crippen LogP) is 3.49. The van der Waals surface area contributed by atoms with E-state index in [-0.39, 0.29) is 5.91 Å². The van der Waals surface area contributed by atoms with Gasteiger partial charge in [-0.3, -0.25) is 14.6 Å². The molecule has 1 fully saturated rings. The molecule has 0 atom stereocenters. The van der Waals surface area contributed by atoms with Gasteiger partial charge in [0.15, 0.2) is 0 Å². The molecule has 212 valence electrons. The molecule has 1 amide bonds. The lowest BCUT2D eigenvalue weighted by atomic mass is 10.0. The van der Waals surface area contributed by atoms with Gasteiger partial charge in [0.05, 0.1) is 5.69 Å². The molecule has 5 N–H and O–H groups in total. The van der Waals surface area contributed by atoms with Gasteiger partial charge in [-0.2, -0.15) is 0 Å². The summed E-state index contributed by atoms with van der Waals surface area (Å²) >= 11 is 0. The van der Waals surface area contributed by atoms with Gasteiger partial charge in [0, 0.05) is 82.1 Å². The Morgan fingerprint density at radius 2 is 1.88 bits per heavy atom. The first-order valence-corrected chi connectivity index (χ1v) is 14.0. The smallest absolute Gasteiger partial charge is 0.251 e. The SMILES string of the molecule is C=C(CC)CN1CCN(Cc2cc(Nc3nccc(-c4ccc(NCCCN)nc4)n3)ccc2C(=O)NC)CC1. The van der Waals surface area contributed by atoms with Gasteiger partial charge in [0.1, 0.15) is 5.82 Å². The lowest BCUT2D eigenvalue weighted by molar-refractivity contribution is 0.0958. The summed E-state index contributed by atoms with van der Waals surface area (Å²) in [4.78, 5) is 31.1. The second-order valence-electron chi connectivity index (χ2n) is 10.00. The molecule has 0 aliphatic carbocycles. The van der Waals surface area contributed by atoms with Crippen molar-refractivity contribution < 1.29 is 4.79 Å². The second kappa shape index (κ2) is 14.5. The van der Waals surface area contributed by atoms with Crippen LogP contribution in [0.25, 0.3) is 11.3 Å². The zero-order valence-corrected chi connectivity index (χ0v) is 23.6. The molecule has 3 aromatic rings. The zero-order valence-electron chi connectivity index (χ0n) is 23.6. The van der Waals surface area contributed by atoms with E-state index >= 15 is 0 Å². The van der Waals surface area contributed by atoms with E-state index in [1.54, 1.807) is 19.4 Å². The minimum absolute atomic E-state index is 0.0915. The molecule has 1 aliphatic heterocycles. The molecule has 10 nitrogen and oxygen atoms in total. The molecule has 1 aliphatic rings. The van der Waals surface area contributed by atoms with Crippen LogP contribution < -0.4 is 21.7 Å². The molecular weight excluding hydrogens is 502 g/mol. The maximum atomic E-state index is 12.6. The van der Waals surface area contributed by atoms with Crippen molar-refractivity contribution in [3.8, 4) is 11.3 Å². The van der Waals surface area contributed by atoms with E-state index in [4.69, 9.17) is 10.7 Å². The summed E-state index contributed by atoms with van der Waals surface area (Å²) < 4.78 is 0. The van der Waals surface area contributed by atoms with E-state index in [2.05, 4.69) is 49.2 Å². The number of pyridine rings is 1. The first-order valence-electron chi connectivity index (χ1n) is 14.0. The summed E-state index contributed by atoms with van der Waals surface area (Å²) in [6.07, 6.45) is 5.43. The average molecular weight is 544 g/mol. The number of benzene rings is 1. The highest BCUT2D eigenvalue weighted by Crippen LogP contribution is 2.23. The summed E-state index contributed by atoms with van der Waals surface area (Å²) in [5, 5.41) is 9.35. The number of carbonyl (C=O) groups is 1. The average Bonchev–Trinajstić information content (AvgIpc) is 2.98. The number of nitrogens with two attached hydrogens (primary N) is 1. The molecule has 1 saturated heterocycles. The van der Waals surface area contributed by atoms with E-state index < -0.39 is 0 Å². The number of piperazine rings is 1. The molecule has 3 heterocycles. The van der Waals surface area contributed by atoms with Gasteiger partial charge >= 0.3 is 0 Å². The number of amides is 1. The molecule has 1 aromatic carbocycles. The summed E-state index contributed by atoms with van der Waals surface area (Å²) in [5.74, 6) is 1.19. The van der Waals surface area contributed by atoms with E-state index in [9.17, 15) is 4.79 Å². The summed E-state index contributed by atoms with van der Waals surface area (Å²) in [7, 11) is 1.66. The van der Waals surface area contributed by atoms with Gasteiger partial charge in [-0.05, 0) is 61.3 Å². The quantitative estimate of drug-likeness (QED) is 0.189. The largest absolute Gasteiger partial charge is 0.370 e. The van der Waals surface area contributed by atoms with Crippen LogP contribution in [0, 0.1) is 0 Å². The van der Waals surface area contributed by atoms with Crippen LogP contribution >= 0.6 is 0 Å². The second-order valence-corrected chi connectivity index (χ2v) is 10.00. The molecule has 0 unspecified atom stereocenters. The molecule has 10 heteroatoms. The van der Waals surface area contributed by atoms with E-state index in [1.807, 2.05) is 36.4 Å². The number of rotatable bonds is 13. The molecule has 0 spiro atoms. The van der Waals surface area contributed by atoms with Crippen molar-refractivity contribution in [1.82, 2.24) is 30.1 Å². The fourth-order valence-electron chi connectivity index (χ4n) is 4.61. The number of anilines is 3. The molecule has 0 saturated carbocycles. The Morgan fingerprint density at radius 1 is 1.07 bits per heavy atom. The highest BCUT2D eigenvalue weighted by Gasteiger charge is 2.20. The number of hydrogen-bond donors (Lipinski definition) is 4. The van der Waals surface area contributed by atoms with Crippen molar-refractivity contribution in [3.63, 3.8) is 0 Å². The molecule has 4 rings (SSSR count). The van der Waals surface area contributed by atoms with Gasteiger partial charge in [-0.25, -0.2) is 15.0 Å². The third kappa shape index (κ3) is 8.08. The van der Waals surface area contributed by atoms with Crippen LogP contribution in [-0.2, 0) is 6.54 Å². The minimum atomic E-state index is -0.0915. The van der Waals surface area contributed by atoms with Crippen molar-refractivity contribution >= 4 is 23.4 Å². The first kappa shape index (κ1) is 29.1. The van der Waals surface area contributed by atoms with Crippen LogP contribution in [-0.4, -0.2) is 83.5 Å². The maximum Gasteiger partial charge on any atom is 0.251 e. The molecule has 0 radical (unpaired) electrons. The summed E-state index contributed by atoms with van der Waals surface area (Å²) in [6.45, 7) is 13.3. The Hall–Kier alpha value is -3.86. The van der Waals surface area contributed by atoms with Crippen LogP contribution in [0.5, 0.6) is 0 Å². The molecular formula is C30H41N9O. The van der Waals surface area contributed by atoms with Crippen LogP contribution in [0.15, 0.2) is 60.9 Å². The molecule has 2 aromatic heterocycles. The zero-order chi connectivity index (χ0) is 28.3. The molecule has 0 bridgehead atoms. The van der Waals surface area contributed by atoms with Crippen molar-refractivity contribution in [2.45, 2.75) is 26.3 Å². The number of nitrogens with zero attached hydrogens (tertiary/aromatic N) is 5. The van der Waals surface area contributed by atoms with Gasteiger partial charge in [-0.15, -0.1) is 0 Å².